The predicted molar refractivity (Wildman–Crippen MR) is 144 cm³/mol. The molecule has 9 heteroatoms. The summed E-state index contributed by atoms with van der Waals surface area (Å²) >= 11 is 7.58. The molecule has 2 aromatic heterocycles. The second-order valence-electron chi connectivity index (χ2n) is 7.69. The van der Waals surface area contributed by atoms with Crippen LogP contribution < -0.4 is 9.62 Å². The standard InChI is InChI=1S/C26H21ClN4O2S2/c1-2-31(20-8-4-3-5-9-20)35(32,33)23-11-7-6-10-22(23)30-25-24-21(16-34-26(24)29-17-28-25)18-12-14-19(27)15-13-18/h3-17H,2H2,1H3,(H,28,29,30). The second kappa shape index (κ2) is 9.65. The van der Waals surface area contributed by atoms with E-state index in [4.69, 9.17) is 11.6 Å². The number of rotatable bonds is 7. The van der Waals surface area contributed by atoms with Crippen LogP contribution in [0, 0.1) is 0 Å². The van der Waals surface area contributed by atoms with E-state index in [1.54, 1.807) is 36.4 Å². The summed E-state index contributed by atoms with van der Waals surface area (Å²) < 4.78 is 28.9. The van der Waals surface area contributed by atoms with Gasteiger partial charge in [-0.3, -0.25) is 4.31 Å². The minimum atomic E-state index is -3.85. The molecule has 3 aromatic carbocycles. The summed E-state index contributed by atoms with van der Waals surface area (Å²) in [5.41, 5.74) is 2.97. The molecule has 0 fully saturated rings. The number of hydrogen-bond donors (Lipinski definition) is 1. The maximum atomic E-state index is 13.8. The van der Waals surface area contributed by atoms with Crippen molar-refractivity contribution in [1.29, 1.82) is 0 Å². The Balaban J connectivity index is 1.60. The van der Waals surface area contributed by atoms with Crippen LogP contribution in [0.4, 0.5) is 17.2 Å². The van der Waals surface area contributed by atoms with Crippen molar-refractivity contribution in [2.24, 2.45) is 0 Å². The molecule has 0 radical (unpaired) electrons. The van der Waals surface area contributed by atoms with E-state index in [0.717, 1.165) is 21.3 Å². The number of hydrogen-bond acceptors (Lipinski definition) is 6. The lowest BCUT2D eigenvalue weighted by Gasteiger charge is -2.24. The van der Waals surface area contributed by atoms with Gasteiger partial charge in [0.05, 0.1) is 16.8 Å². The molecule has 0 spiro atoms. The highest BCUT2D eigenvalue weighted by atomic mass is 35.5. The Morgan fingerprint density at radius 2 is 1.66 bits per heavy atom. The second-order valence-corrected chi connectivity index (χ2v) is 10.8. The molecule has 5 rings (SSSR count). The number of halogens is 1. The number of thiophene rings is 1. The van der Waals surface area contributed by atoms with Crippen LogP contribution in [0.15, 0.2) is 95.5 Å². The molecule has 0 unspecified atom stereocenters. The Hall–Kier alpha value is -3.46. The molecule has 2 heterocycles. The number of benzene rings is 3. The maximum absolute atomic E-state index is 13.8. The first-order valence-electron chi connectivity index (χ1n) is 10.9. The zero-order chi connectivity index (χ0) is 24.4. The molecule has 0 amide bonds. The van der Waals surface area contributed by atoms with E-state index in [2.05, 4.69) is 15.3 Å². The number of fused-ring (bicyclic) bond motifs is 1. The lowest BCUT2D eigenvalue weighted by Crippen LogP contribution is -2.31. The third kappa shape index (κ3) is 4.48. The Kier molecular flexibility index (Phi) is 6.42. The molecule has 0 saturated heterocycles. The first kappa shape index (κ1) is 23.3. The molecular formula is C26H21ClN4O2S2. The summed E-state index contributed by atoms with van der Waals surface area (Å²) in [6.07, 6.45) is 1.48. The number of para-hydroxylation sites is 2. The van der Waals surface area contributed by atoms with Crippen molar-refractivity contribution in [2.45, 2.75) is 11.8 Å². The average Bonchev–Trinajstić information content (AvgIpc) is 3.31. The Morgan fingerprint density at radius 1 is 0.943 bits per heavy atom. The zero-order valence-electron chi connectivity index (χ0n) is 18.7. The molecule has 176 valence electrons. The van der Waals surface area contributed by atoms with Crippen molar-refractivity contribution in [3.8, 4) is 11.1 Å². The molecular weight excluding hydrogens is 500 g/mol. The summed E-state index contributed by atoms with van der Waals surface area (Å²) in [4.78, 5) is 9.85. The highest BCUT2D eigenvalue weighted by Crippen LogP contribution is 2.39. The van der Waals surface area contributed by atoms with Crippen molar-refractivity contribution in [1.82, 2.24) is 9.97 Å². The average molecular weight is 521 g/mol. The predicted octanol–water partition coefficient (Wildman–Crippen LogP) is 6.97. The van der Waals surface area contributed by atoms with Crippen LogP contribution in [0.5, 0.6) is 0 Å². The van der Waals surface area contributed by atoms with Crippen LogP contribution in [0.3, 0.4) is 0 Å². The van der Waals surface area contributed by atoms with Gasteiger partial charge in [-0.2, -0.15) is 0 Å². The van der Waals surface area contributed by atoms with Crippen molar-refractivity contribution < 1.29 is 8.42 Å². The molecule has 0 atom stereocenters. The van der Waals surface area contributed by atoms with Crippen LogP contribution in [0.2, 0.25) is 5.02 Å². The van der Waals surface area contributed by atoms with E-state index in [0.29, 0.717) is 28.8 Å². The van der Waals surface area contributed by atoms with E-state index in [1.165, 1.54) is 22.0 Å². The Bertz CT molecular complexity index is 1590. The summed E-state index contributed by atoms with van der Waals surface area (Å²) in [5, 5.41) is 6.78. The molecule has 0 aliphatic carbocycles. The Morgan fingerprint density at radius 3 is 2.40 bits per heavy atom. The SMILES string of the molecule is CCN(c1ccccc1)S(=O)(=O)c1ccccc1Nc1ncnc2scc(-c3ccc(Cl)cc3)c12. The lowest BCUT2D eigenvalue weighted by molar-refractivity contribution is 0.592. The summed E-state index contributed by atoms with van der Waals surface area (Å²) in [6.45, 7) is 2.11. The monoisotopic (exact) mass is 520 g/mol. The largest absolute Gasteiger partial charge is 0.338 e. The molecule has 0 aliphatic rings. The van der Waals surface area contributed by atoms with Crippen LogP contribution in [0.25, 0.3) is 21.3 Å². The molecule has 0 bridgehead atoms. The highest BCUT2D eigenvalue weighted by Gasteiger charge is 2.27. The van der Waals surface area contributed by atoms with Crippen LogP contribution >= 0.6 is 22.9 Å². The quantitative estimate of drug-likeness (QED) is 0.251. The minimum Gasteiger partial charge on any atom is -0.338 e. The minimum absolute atomic E-state index is 0.167. The molecule has 0 saturated carbocycles. The third-order valence-electron chi connectivity index (χ3n) is 5.57. The van der Waals surface area contributed by atoms with Gasteiger partial charge in [0.2, 0.25) is 0 Å². The van der Waals surface area contributed by atoms with Crippen molar-refractivity contribution in [3.63, 3.8) is 0 Å². The molecule has 1 N–H and O–H groups in total. The van der Waals surface area contributed by atoms with Gasteiger partial charge < -0.3 is 5.32 Å². The molecule has 35 heavy (non-hydrogen) atoms. The third-order valence-corrected chi connectivity index (χ3v) is 8.66. The van der Waals surface area contributed by atoms with Gasteiger partial charge in [-0.1, -0.05) is 54.1 Å². The number of sulfonamides is 1. The number of nitrogens with zero attached hydrogens (tertiary/aromatic N) is 3. The summed E-state index contributed by atoms with van der Waals surface area (Å²) in [5.74, 6) is 0.534. The van der Waals surface area contributed by atoms with Gasteiger partial charge in [-0.15, -0.1) is 11.3 Å². The first-order valence-corrected chi connectivity index (χ1v) is 13.6. The van der Waals surface area contributed by atoms with Crippen molar-refractivity contribution >= 4 is 60.4 Å². The number of anilines is 3. The topological polar surface area (TPSA) is 75.2 Å². The van der Waals surface area contributed by atoms with Gasteiger partial charge >= 0.3 is 0 Å². The van der Waals surface area contributed by atoms with Crippen molar-refractivity contribution in [3.05, 3.63) is 95.6 Å². The Labute approximate surface area is 212 Å². The van der Waals surface area contributed by atoms with Crippen LogP contribution in [-0.4, -0.2) is 24.9 Å². The van der Waals surface area contributed by atoms with Gasteiger partial charge in [0.25, 0.3) is 10.0 Å². The summed E-state index contributed by atoms with van der Waals surface area (Å²) in [6, 6.07) is 23.5. The van der Waals surface area contributed by atoms with Gasteiger partial charge in [0.15, 0.2) is 0 Å². The van der Waals surface area contributed by atoms with E-state index in [1.807, 2.05) is 54.8 Å². The van der Waals surface area contributed by atoms with Gasteiger partial charge in [0.1, 0.15) is 21.9 Å². The van der Waals surface area contributed by atoms with Crippen LogP contribution in [0.1, 0.15) is 6.92 Å². The smallest absolute Gasteiger partial charge is 0.266 e. The lowest BCUT2D eigenvalue weighted by atomic mass is 10.1. The van der Waals surface area contributed by atoms with Crippen molar-refractivity contribution in [2.75, 3.05) is 16.2 Å². The van der Waals surface area contributed by atoms with Gasteiger partial charge in [0, 0.05) is 22.5 Å². The zero-order valence-corrected chi connectivity index (χ0v) is 21.1. The summed E-state index contributed by atoms with van der Waals surface area (Å²) in [7, 11) is -3.85. The van der Waals surface area contributed by atoms with E-state index >= 15 is 0 Å². The number of aromatic nitrogens is 2. The fourth-order valence-electron chi connectivity index (χ4n) is 3.94. The molecule has 5 aromatic rings. The molecule has 6 nitrogen and oxygen atoms in total. The number of nitrogens with one attached hydrogen (secondary N) is 1. The van der Waals surface area contributed by atoms with E-state index in [-0.39, 0.29) is 4.90 Å². The maximum Gasteiger partial charge on any atom is 0.266 e. The normalized spacial score (nSPS) is 11.5. The fourth-order valence-corrected chi connectivity index (χ4v) is 6.60. The van der Waals surface area contributed by atoms with Crippen LogP contribution in [-0.2, 0) is 10.0 Å². The molecule has 0 aliphatic heterocycles. The van der Waals surface area contributed by atoms with Gasteiger partial charge in [-0.25, -0.2) is 18.4 Å². The van der Waals surface area contributed by atoms with E-state index < -0.39 is 10.0 Å². The first-order chi connectivity index (χ1) is 17.0. The van der Waals surface area contributed by atoms with E-state index in [9.17, 15) is 8.42 Å². The van der Waals surface area contributed by atoms with Gasteiger partial charge in [-0.05, 0) is 48.9 Å². The highest BCUT2D eigenvalue weighted by molar-refractivity contribution is 7.93. The fraction of sp³-hybridized carbons (Fsp3) is 0.0769.